The Bertz CT molecular complexity index is 424. The van der Waals surface area contributed by atoms with E-state index in [1.807, 2.05) is 12.3 Å². The zero-order chi connectivity index (χ0) is 11.7. The maximum atomic E-state index is 11.7. The van der Waals surface area contributed by atoms with Crippen molar-refractivity contribution in [3.05, 3.63) is 23.2 Å². The maximum Gasteiger partial charge on any atom is 0.229 e. The predicted molar refractivity (Wildman–Crippen MR) is 66.2 cm³/mol. The van der Waals surface area contributed by atoms with Crippen molar-refractivity contribution < 1.29 is 9.90 Å². The van der Waals surface area contributed by atoms with Gasteiger partial charge in [-0.05, 0) is 24.5 Å². The van der Waals surface area contributed by atoms with Crippen LogP contribution >= 0.6 is 23.4 Å². The number of rotatable bonds is 2. The molecule has 1 unspecified atom stereocenters. The monoisotopic (exact) mass is 257 g/mol. The van der Waals surface area contributed by atoms with E-state index in [1.54, 1.807) is 28.8 Å². The van der Waals surface area contributed by atoms with Crippen molar-refractivity contribution in [2.75, 3.05) is 17.7 Å². The lowest BCUT2D eigenvalue weighted by Crippen LogP contribution is -2.25. The van der Waals surface area contributed by atoms with Gasteiger partial charge in [0, 0.05) is 9.92 Å². The summed E-state index contributed by atoms with van der Waals surface area (Å²) in [6.07, 6.45) is 1.57. The highest BCUT2D eigenvalue weighted by molar-refractivity contribution is 7.98. The first-order valence-corrected chi connectivity index (χ1v) is 6.54. The van der Waals surface area contributed by atoms with Gasteiger partial charge in [0.25, 0.3) is 0 Å². The molecule has 2 rings (SSSR count). The molecule has 0 bridgehead atoms. The molecule has 1 N–H and O–H groups in total. The minimum atomic E-state index is -0.568. The molecule has 1 atom stereocenters. The van der Waals surface area contributed by atoms with Crippen molar-refractivity contribution in [2.45, 2.75) is 17.4 Å². The summed E-state index contributed by atoms with van der Waals surface area (Å²) in [6, 6.07) is 5.46. The fraction of sp³-hybridized carbons (Fsp3) is 0.364. The van der Waals surface area contributed by atoms with Crippen LogP contribution in [-0.2, 0) is 4.79 Å². The summed E-state index contributed by atoms with van der Waals surface area (Å²) in [4.78, 5) is 14.3. The van der Waals surface area contributed by atoms with Gasteiger partial charge in [0.2, 0.25) is 5.91 Å². The van der Waals surface area contributed by atoms with E-state index in [9.17, 15) is 9.90 Å². The summed E-state index contributed by atoms with van der Waals surface area (Å²) < 4.78 is 0. The van der Waals surface area contributed by atoms with Crippen molar-refractivity contribution in [1.82, 2.24) is 0 Å². The summed E-state index contributed by atoms with van der Waals surface area (Å²) in [5, 5.41) is 10.1. The number of benzene rings is 1. The van der Waals surface area contributed by atoms with Crippen molar-refractivity contribution in [3.8, 4) is 0 Å². The van der Waals surface area contributed by atoms with Crippen LogP contribution in [0, 0.1) is 0 Å². The van der Waals surface area contributed by atoms with Crippen LogP contribution in [0.4, 0.5) is 5.69 Å². The van der Waals surface area contributed by atoms with Crippen molar-refractivity contribution >= 4 is 35.0 Å². The number of nitrogens with zero attached hydrogens (tertiary/aromatic N) is 1. The number of anilines is 1. The minimum absolute atomic E-state index is 0.0509. The summed E-state index contributed by atoms with van der Waals surface area (Å²) in [5.41, 5.74) is 0.793. The molecule has 0 aliphatic carbocycles. The van der Waals surface area contributed by atoms with Crippen molar-refractivity contribution in [1.29, 1.82) is 0 Å². The van der Waals surface area contributed by atoms with Gasteiger partial charge in [-0.25, -0.2) is 0 Å². The zero-order valence-electron chi connectivity index (χ0n) is 8.81. The molecule has 5 heteroatoms. The number of β-amino-alcohol motifs (C(OH)–C–C–N with tert-alkyl or cyclic N) is 1. The maximum absolute atomic E-state index is 11.7. The van der Waals surface area contributed by atoms with Crippen LogP contribution in [0.3, 0.4) is 0 Å². The standard InChI is InChI=1S/C11H12ClNO2S/c1-16-10-3-2-7(12)4-9(10)13-6-8(14)5-11(13)15/h2-4,8,14H,5-6H2,1H3. The van der Waals surface area contributed by atoms with E-state index < -0.39 is 6.10 Å². The van der Waals surface area contributed by atoms with Gasteiger partial charge in [0.1, 0.15) is 0 Å². The highest BCUT2D eigenvalue weighted by atomic mass is 35.5. The molecule has 1 amide bonds. The molecule has 0 radical (unpaired) electrons. The fourth-order valence-electron chi connectivity index (χ4n) is 1.80. The third-order valence-electron chi connectivity index (χ3n) is 2.54. The van der Waals surface area contributed by atoms with E-state index in [-0.39, 0.29) is 12.3 Å². The van der Waals surface area contributed by atoms with Gasteiger partial charge in [-0.1, -0.05) is 11.6 Å². The lowest BCUT2D eigenvalue weighted by Gasteiger charge is -2.19. The molecule has 1 heterocycles. The van der Waals surface area contributed by atoms with Gasteiger partial charge < -0.3 is 10.0 Å². The van der Waals surface area contributed by atoms with Gasteiger partial charge >= 0.3 is 0 Å². The molecule has 1 aromatic carbocycles. The first-order chi connectivity index (χ1) is 7.61. The molecular weight excluding hydrogens is 246 g/mol. The molecule has 0 aromatic heterocycles. The fourth-order valence-corrected chi connectivity index (χ4v) is 2.54. The molecule has 0 spiro atoms. The second-order valence-electron chi connectivity index (χ2n) is 3.68. The van der Waals surface area contributed by atoms with E-state index >= 15 is 0 Å². The molecular formula is C11H12ClNO2S. The number of carbonyl (C=O) groups excluding carboxylic acids is 1. The molecule has 3 nitrogen and oxygen atoms in total. The van der Waals surface area contributed by atoms with Crippen LogP contribution in [-0.4, -0.2) is 29.9 Å². The Morgan fingerprint density at radius 1 is 1.56 bits per heavy atom. The average Bonchev–Trinajstić information content (AvgIpc) is 2.57. The number of thioether (sulfide) groups is 1. The van der Waals surface area contributed by atoms with Gasteiger partial charge in [-0.2, -0.15) is 0 Å². The van der Waals surface area contributed by atoms with Gasteiger partial charge in [0.15, 0.2) is 0 Å². The molecule has 1 aliphatic heterocycles. The number of aliphatic hydroxyl groups excluding tert-OH is 1. The van der Waals surface area contributed by atoms with Crippen LogP contribution in [0.5, 0.6) is 0 Å². The van der Waals surface area contributed by atoms with Crippen molar-refractivity contribution in [2.24, 2.45) is 0 Å². The van der Waals surface area contributed by atoms with E-state index in [2.05, 4.69) is 0 Å². The Labute approximate surface area is 103 Å². The lowest BCUT2D eigenvalue weighted by atomic mass is 10.3. The normalized spacial score (nSPS) is 20.6. The summed E-state index contributed by atoms with van der Waals surface area (Å²) in [6.45, 7) is 0.354. The predicted octanol–water partition coefficient (Wildman–Crippen LogP) is 2.16. The third-order valence-corrected chi connectivity index (χ3v) is 3.56. The Balaban J connectivity index is 2.39. The number of aliphatic hydroxyl groups is 1. The molecule has 1 fully saturated rings. The molecule has 0 saturated carbocycles. The van der Waals surface area contributed by atoms with Crippen LogP contribution in [0.15, 0.2) is 23.1 Å². The number of hydrogen-bond acceptors (Lipinski definition) is 3. The van der Waals surface area contributed by atoms with E-state index in [0.717, 1.165) is 10.6 Å². The second kappa shape index (κ2) is 4.65. The second-order valence-corrected chi connectivity index (χ2v) is 4.96. The van der Waals surface area contributed by atoms with Crippen LogP contribution in [0.2, 0.25) is 5.02 Å². The van der Waals surface area contributed by atoms with Crippen LogP contribution in [0.25, 0.3) is 0 Å². The molecule has 16 heavy (non-hydrogen) atoms. The average molecular weight is 258 g/mol. The number of hydrogen-bond donors (Lipinski definition) is 1. The third kappa shape index (κ3) is 2.19. The molecule has 1 aromatic rings. The van der Waals surface area contributed by atoms with E-state index in [1.165, 1.54) is 0 Å². The number of amides is 1. The number of halogens is 1. The number of carbonyl (C=O) groups is 1. The van der Waals surface area contributed by atoms with Crippen molar-refractivity contribution in [3.63, 3.8) is 0 Å². The van der Waals surface area contributed by atoms with Crippen LogP contribution < -0.4 is 4.90 Å². The highest BCUT2D eigenvalue weighted by Gasteiger charge is 2.30. The first kappa shape index (κ1) is 11.8. The van der Waals surface area contributed by atoms with Gasteiger partial charge in [-0.3, -0.25) is 4.79 Å². The lowest BCUT2D eigenvalue weighted by molar-refractivity contribution is -0.117. The molecule has 1 aliphatic rings. The topological polar surface area (TPSA) is 40.5 Å². The van der Waals surface area contributed by atoms with Crippen LogP contribution in [0.1, 0.15) is 6.42 Å². The molecule has 86 valence electrons. The highest BCUT2D eigenvalue weighted by Crippen LogP contribution is 2.33. The minimum Gasteiger partial charge on any atom is -0.391 e. The van der Waals surface area contributed by atoms with Gasteiger partial charge in [0.05, 0.1) is 24.8 Å². The Hall–Kier alpha value is -0.710. The summed E-state index contributed by atoms with van der Waals surface area (Å²) in [7, 11) is 0. The van der Waals surface area contributed by atoms with E-state index in [4.69, 9.17) is 11.6 Å². The SMILES string of the molecule is CSc1ccc(Cl)cc1N1CC(O)CC1=O. The Morgan fingerprint density at radius 3 is 2.88 bits per heavy atom. The summed E-state index contributed by atoms with van der Waals surface area (Å²) >= 11 is 7.49. The Morgan fingerprint density at radius 2 is 2.31 bits per heavy atom. The zero-order valence-corrected chi connectivity index (χ0v) is 10.4. The Kier molecular flexibility index (Phi) is 3.42. The smallest absolute Gasteiger partial charge is 0.229 e. The molecule has 1 saturated heterocycles. The first-order valence-electron chi connectivity index (χ1n) is 4.94. The summed E-state index contributed by atoms with van der Waals surface area (Å²) in [5.74, 6) is -0.0509. The largest absolute Gasteiger partial charge is 0.391 e. The van der Waals surface area contributed by atoms with E-state index in [0.29, 0.717) is 11.6 Å². The van der Waals surface area contributed by atoms with Gasteiger partial charge in [-0.15, -0.1) is 11.8 Å². The quantitative estimate of drug-likeness (QED) is 0.826.